The molecule has 0 heterocycles. The van der Waals surface area contributed by atoms with Crippen LogP contribution in [0.4, 0.5) is 10.5 Å². The first kappa shape index (κ1) is 14.5. The van der Waals surface area contributed by atoms with Crippen molar-refractivity contribution in [2.75, 3.05) is 18.4 Å². The largest absolute Gasteiger partial charge is 0.480 e. The number of hydrogen-bond donors (Lipinski definition) is 2. The van der Waals surface area contributed by atoms with Gasteiger partial charge in [-0.3, -0.25) is 4.79 Å². The molecule has 0 radical (unpaired) electrons. The van der Waals surface area contributed by atoms with E-state index in [0.717, 1.165) is 10.0 Å². The summed E-state index contributed by atoms with van der Waals surface area (Å²) in [6.07, 6.45) is 0. The van der Waals surface area contributed by atoms with E-state index in [0.29, 0.717) is 12.2 Å². The maximum absolute atomic E-state index is 11.9. The van der Waals surface area contributed by atoms with Gasteiger partial charge in [0.25, 0.3) is 0 Å². The molecule has 1 rings (SSSR count). The minimum absolute atomic E-state index is 0.310. The number of hydrogen-bond acceptors (Lipinski definition) is 2. The minimum atomic E-state index is -1.03. The van der Waals surface area contributed by atoms with Gasteiger partial charge in [-0.2, -0.15) is 0 Å². The molecule has 0 saturated carbocycles. The Morgan fingerprint density at radius 3 is 2.67 bits per heavy atom. The van der Waals surface area contributed by atoms with Crippen molar-refractivity contribution in [3.63, 3.8) is 0 Å². The lowest BCUT2D eigenvalue weighted by atomic mass is 10.2. The van der Waals surface area contributed by atoms with Crippen LogP contribution in [0.5, 0.6) is 0 Å². The summed E-state index contributed by atoms with van der Waals surface area (Å²) in [5, 5.41) is 11.4. The summed E-state index contributed by atoms with van der Waals surface area (Å²) in [7, 11) is 0. The van der Waals surface area contributed by atoms with Crippen molar-refractivity contribution < 1.29 is 14.7 Å². The summed E-state index contributed by atoms with van der Waals surface area (Å²) >= 11 is 3.37. The lowest BCUT2D eigenvalue weighted by Gasteiger charge is -2.20. The molecule has 6 heteroatoms. The molecule has 0 bridgehead atoms. The highest BCUT2D eigenvalue weighted by Crippen LogP contribution is 2.23. The van der Waals surface area contributed by atoms with Gasteiger partial charge in [-0.15, -0.1) is 0 Å². The highest BCUT2D eigenvalue weighted by Gasteiger charge is 2.15. The molecule has 1 aromatic carbocycles. The Bertz CT molecular complexity index is 463. The Kier molecular flexibility index (Phi) is 5.15. The molecule has 1 aromatic rings. The number of carbonyl (C=O) groups excluding carboxylic acids is 1. The van der Waals surface area contributed by atoms with E-state index < -0.39 is 12.0 Å². The van der Waals surface area contributed by atoms with Crippen LogP contribution in [-0.4, -0.2) is 35.1 Å². The van der Waals surface area contributed by atoms with Gasteiger partial charge in [0.05, 0.1) is 0 Å². The number of urea groups is 1. The molecule has 2 N–H and O–H groups in total. The SMILES string of the molecule is CCN(CC(=O)O)C(=O)Nc1cccc(Br)c1C. The molecule has 0 atom stereocenters. The lowest BCUT2D eigenvalue weighted by molar-refractivity contribution is -0.137. The van der Waals surface area contributed by atoms with Crippen LogP contribution in [0.1, 0.15) is 12.5 Å². The highest BCUT2D eigenvalue weighted by molar-refractivity contribution is 9.10. The number of likely N-dealkylation sites (N-methyl/N-ethyl adjacent to an activating group) is 1. The topological polar surface area (TPSA) is 69.6 Å². The van der Waals surface area contributed by atoms with Gasteiger partial charge in [0, 0.05) is 16.7 Å². The van der Waals surface area contributed by atoms with Crippen LogP contribution in [0.15, 0.2) is 22.7 Å². The zero-order chi connectivity index (χ0) is 13.7. The van der Waals surface area contributed by atoms with Crippen molar-refractivity contribution >= 4 is 33.6 Å². The second-order valence-electron chi connectivity index (χ2n) is 3.75. The quantitative estimate of drug-likeness (QED) is 0.897. The number of carboxylic acid groups (broad SMARTS) is 1. The maximum atomic E-state index is 11.9. The Balaban J connectivity index is 2.80. The minimum Gasteiger partial charge on any atom is -0.480 e. The normalized spacial score (nSPS) is 9.94. The van der Waals surface area contributed by atoms with Crippen molar-refractivity contribution in [1.82, 2.24) is 4.90 Å². The number of carboxylic acids is 1. The third kappa shape index (κ3) is 3.73. The van der Waals surface area contributed by atoms with Gasteiger partial charge < -0.3 is 15.3 Å². The summed E-state index contributed by atoms with van der Waals surface area (Å²) in [6, 6.07) is 5.04. The first-order valence-electron chi connectivity index (χ1n) is 5.48. The first-order valence-corrected chi connectivity index (χ1v) is 6.27. The Labute approximate surface area is 114 Å². The van der Waals surface area contributed by atoms with Crippen LogP contribution in [0.3, 0.4) is 0 Å². The van der Waals surface area contributed by atoms with E-state index >= 15 is 0 Å². The number of anilines is 1. The van der Waals surface area contributed by atoms with Gasteiger partial charge in [0.2, 0.25) is 0 Å². The third-order valence-corrected chi connectivity index (χ3v) is 3.36. The number of halogens is 1. The average molecular weight is 315 g/mol. The summed E-state index contributed by atoms with van der Waals surface area (Å²) in [4.78, 5) is 23.7. The number of amides is 2. The smallest absolute Gasteiger partial charge is 0.323 e. The van der Waals surface area contributed by atoms with E-state index in [1.807, 2.05) is 13.0 Å². The molecular weight excluding hydrogens is 300 g/mol. The van der Waals surface area contributed by atoms with E-state index in [1.54, 1.807) is 19.1 Å². The first-order chi connectivity index (χ1) is 8.45. The zero-order valence-electron chi connectivity index (χ0n) is 10.2. The predicted octanol–water partition coefficient (Wildman–Crippen LogP) is 2.70. The van der Waals surface area contributed by atoms with E-state index in [2.05, 4.69) is 21.2 Å². The molecule has 0 spiro atoms. The number of aliphatic carboxylic acids is 1. The second kappa shape index (κ2) is 6.39. The molecule has 0 aliphatic rings. The lowest BCUT2D eigenvalue weighted by Crippen LogP contribution is -2.38. The van der Waals surface area contributed by atoms with Crippen LogP contribution in [0.25, 0.3) is 0 Å². The molecule has 2 amide bonds. The molecule has 18 heavy (non-hydrogen) atoms. The summed E-state index contributed by atoms with van der Waals surface area (Å²) in [6.45, 7) is 3.63. The monoisotopic (exact) mass is 314 g/mol. The van der Waals surface area contributed by atoms with Gasteiger partial charge in [-0.05, 0) is 31.5 Å². The molecule has 0 fully saturated rings. The summed E-state index contributed by atoms with van der Waals surface area (Å²) in [5.41, 5.74) is 1.57. The van der Waals surface area contributed by atoms with E-state index in [4.69, 9.17) is 5.11 Å². The van der Waals surface area contributed by atoms with Crippen LogP contribution < -0.4 is 5.32 Å². The fraction of sp³-hybridized carbons (Fsp3) is 0.333. The maximum Gasteiger partial charge on any atom is 0.323 e. The van der Waals surface area contributed by atoms with Crippen LogP contribution >= 0.6 is 15.9 Å². The molecule has 0 aromatic heterocycles. The molecular formula is C12H15BrN2O3. The second-order valence-corrected chi connectivity index (χ2v) is 4.60. The number of benzene rings is 1. The fourth-order valence-corrected chi connectivity index (χ4v) is 1.79. The summed E-state index contributed by atoms with van der Waals surface area (Å²) < 4.78 is 0.890. The number of nitrogens with one attached hydrogen (secondary N) is 1. The molecule has 98 valence electrons. The van der Waals surface area contributed by atoms with Gasteiger partial charge in [0.1, 0.15) is 6.54 Å². The Hall–Kier alpha value is -1.56. The molecule has 0 saturated heterocycles. The zero-order valence-corrected chi connectivity index (χ0v) is 11.8. The van der Waals surface area contributed by atoms with Gasteiger partial charge in [-0.1, -0.05) is 22.0 Å². The van der Waals surface area contributed by atoms with Crippen LogP contribution in [0, 0.1) is 6.92 Å². The van der Waals surface area contributed by atoms with Crippen LogP contribution in [-0.2, 0) is 4.79 Å². The fourth-order valence-electron chi connectivity index (χ4n) is 1.43. The van der Waals surface area contributed by atoms with Gasteiger partial charge in [0.15, 0.2) is 0 Å². The van der Waals surface area contributed by atoms with Gasteiger partial charge >= 0.3 is 12.0 Å². The predicted molar refractivity (Wildman–Crippen MR) is 72.8 cm³/mol. The Morgan fingerprint density at radius 2 is 2.11 bits per heavy atom. The number of rotatable bonds is 4. The number of nitrogens with zero attached hydrogens (tertiary/aromatic N) is 1. The van der Waals surface area contributed by atoms with Crippen molar-refractivity contribution in [3.8, 4) is 0 Å². The molecule has 0 aliphatic carbocycles. The molecule has 5 nitrogen and oxygen atoms in total. The van der Waals surface area contributed by atoms with Gasteiger partial charge in [-0.25, -0.2) is 4.79 Å². The van der Waals surface area contributed by atoms with Crippen molar-refractivity contribution in [2.45, 2.75) is 13.8 Å². The van der Waals surface area contributed by atoms with Crippen molar-refractivity contribution in [3.05, 3.63) is 28.2 Å². The number of carbonyl (C=O) groups is 2. The molecule has 0 aliphatic heterocycles. The van der Waals surface area contributed by atoms with Crippen molar-refractivity contribution in [2.24, 2.45) is 0 Å². The molecule has 0 unspecified atom stereocenters. The summed E-state index contributed by atoms with van der Waals surface area (Å²) in [5.74, 6) is -1.03. The average Bonchev–Trinajstić information content (AvgIpc) is 2.31. The Morgan fingerprint density at radius 1 is 1.44 bits per heavy atom. The highest BCUT2D eigenvalue weighted by atomic mass is 79.9. The van der Waals surface area contributed by atoms with Crippen molar-refractivity contribution in [1.29, 1.82) is 0 Å². The van der Waals surface area contributed by atoms with E-state index in [-0.39, 0.29) is 6.54 Å². The van der Waals surface area contributed by atoms with Crippen LogP contribution in [0.2, 0.25) is 0 Å². The van der Waals surface area contributed by atoms with E-state index in [1.165, 1.54) is 4.90 Å². The third-order valence-electron chi connectivity index (χ3n) is 2.50. The standard InChI is InChI=1S/C12H15BrN2O3/c1-3-15(7-11(16)17)12(18)14-10-6-4-5-9(13)8(10)2/h4-6H,3,7H2,1-2H3,(H,14,18)(H,16,17). The van der Waals surface area contributed by atoms with E-state index in [9.17, 15) is 9.59 Å².